The average molecular weight is 371 g/mol. The molecule has 142 valence electrons. The van der Waals surface area contributed by atoms with E-state index in [1.807, 2.05) is 32.0 Å². The molecule has 1 aromatic carbocycles. The van der Waals surface area contributed by atoms with Crippen molar-refractivity contribution < 1.29 is 23.7 Å². The lowest BCUT2D eigenvalue weighted by Gasteiger charge is -2.27. The van der Waals surface area contributed by atoms with Gasteiger partial charge < -0.3 is 15.1 Å². The average Bonchev–Trinajstić information content (AvgIpc) is 2.55. The van der Waals surface area contributed by atoms with Crippen LogP contribution in [0.3, 0.4) is 0 Å². The number of carbonyl (C=O) groups is 1. The van der Waals surface area contributed by atoms with Crippen molar-refractivity contribution in [1.82, 2.24) is 5.32 Å². The normalized spacial score (nSPS) is 13.5. The van der Waals surface area contributed by atoms with Crippen molar-refractivity contribution in [3.05, 3.63) is 35.9 Å². The Bertz CT molecular complexity index is 570. The van der Waals surface area contributed by atoms with Crippen LogP contribution in [0.2, 0.25) is 0 Å². The number of nitrogens with one attached hydrogen (secondary N) is 1. The quantitative estimate of drug-likeness (QED) is 0.404. The molecule has 0 saturated carbocycles. The summed E-state index contributed by atoms with van der Waals surface area (Å²) in [6.45, 7) is 5.63. The Balaban J connectivity index is 2.75. The van der Waals surface area contributed by atoms with Crippen molar-refractivity contribution in [3.63, 3.8) is 0 Å². The Hall–Kier alpha value is -1.20. The van der Waals surface area contributed by atoms with Crippen molar-refractivity contribution >= 4 is 13.7 Å². The van der Waals surface area contributed by atoms with Gasteiger partial charge in [0.1, 0.15) is 0 Å². The summed E-state index contributed by atoms with van der Waals surface area (Å²) < 4.78 is 15.6. The largest absolute Gasteiger partial charge is 0.469 e. The zero-order valence-electron chi connectivity index (χ0n) is 15.3. The first kappa shape index (κ1) is 21.8. The molecule has 3 N–H and O–H groups in total. The minimum atomic E-state index is -4.60. The second kappa shape index (κ2) is 10.1. The van der Waals surface area contributed by atoms with Gasteiger partial charge in [-0.3, -0.25) is 9.32 Å². The Labute approximate surface area is 150 Å². The van der Waals surface area contributed by atoms with Gasteiger partial charge in [0.05, 0.1) is 12.6 Å². The lowest BCUT2D eigenvalue weighted by molar-refractivity contribution is -0.130. The number of hydrogen-bond acceptors (Lipinski definition) is 3. The number of unbranched alkanes of at least 4 members (excludes halogenated alkanes) is 3. The minimum Gasteiger partial charge on any atom is -0.346 e. The van der Waals surface area contributed by atoms with E-state index in [0.717, 1.165) is 37.7 Å². The van der Waals surface area contributed by atoms with Crippen LogP contribution < -0.4 is 5.32 Å². The van der Waals surface area contributed by atoms with Crippen LogP contribution >= 0.6 is 7.82 Å². The van der Waals surface area contributed by atoms with Crippen molar-refractivity contribution in [2.24, 2.45) is 5.41 Å². The van der Waals surface area contributed by atoms with E-state index >= 15 is 0 Å². The number of amides is 1. The predicted molar refractivity (Wildman–Crippen MR) is 97.9 cm³/mol. The highest BCUT2D eigenvalue weighted by atomic mass is 31.2. The summed E-state index contributed by atoms with van der Waals surface area (Å²) in [5.74, 6) is -0.146. The van der Waals surface area contributed by atoms with Gasteiger partial charge in [0.2, 0.25) is 5.91 Å². The third kappa shape index (κ3) is 8.63. The second-order valence-corrected chi connectivity index (χ2v) is 8.16. The van der Waals surface area contributed by atoms with Crippen molar-refractivity contribution in [1.29, 1.82) is 0 Å². The second-order valence-electron chi connectivity index (χ2n) is 6.92. The SMILES string of the molecule is CCCCCCC(C)(C)C(=O)N[C@@H](COP(=O)(O)O)c1ccccc1. The lowest BCUT2D eigenvalue weighted by Crippen LogP contribution is -2.40. The fourth-order valence-electron chi connectivity index (χ4n) is 2.54. The van der Waals surface area contributed by atoms with Gasteiger partial charge in [-0.25, -0.2) is 4.57 Å². The van der Waals surface area contributed by atoms with E-state index in [1.165, 1.54) is 0 Å². The number of carbonyl (C=O) groups excluding carboxylic acids is 1. The number of phosphoric ester groups is 1. The molecule has 0 aromatic heterocycles. The van der Waals surface area contributed by atoms with E-state index in [4.69, 9.17) is 9.79 Å². The molecule has 1 amide bonds. The summed E-state index contributed by atoms with van der Waals surface area (Å²) in [5, 5.41) is 2.88. The Morgan fingerprint density at radius 2 is 1.84 bits per heavy atom. The molecule has 7 heteroatoms. The number of benzene rings is 1. The summed E-state index contributed by atoms with van der Waals surface area (Å²) in [6.07, 6.45) is 5.13. The lowest BCUT2D eigenvalue weighted by atomic mass is 9.85. The Morgan fingerprint density at radius 1 is 1.20 bits per heavy atom. The molecule has 0 unspecified atom stereocenters. The molecule has 0 bridgehead atoms. The standard InChI is InChI=1S/C18H30NO5P/c1-4-5-6-10-13-18(2,3)17(20)19-16(14-24-25(21,22)23)15-11-8-7-9-12-15/h7-9,11-12,16H,4-6,10,13-14H2,1-3H3,(H,19,20)(H2,21,22,23)/t16-/m0/s1. The molecule has 1 rings (SSSR count). The summed E-state index contributed by atoms with van der Waals surface area (Å²) >= 11 is 0. The van der Waals surface area contributed by atoms with Gasteiger partial charge in [0.15, 0.2) is 0 Å². The smallest absolute Gasteiger partial charge is 0.346 e. The molecule has 0 radical (unpaired) electrons. The molecule has 1 aromatic rings. The van der Waals surface area contributed by atoms with Crippen molar-refractivity contribution in [2.45, 2.75) is 58.9 Å². The topological polar surface area (TPSA) is 95.9 Å². The summed E-state index contributed by atoms with van der Waals surface area (Å²) in [7, 11) is -4.60. The molecule has 0 saturated heterocycles. The Morgan fingerprint density at radius 3 is 2.40 bits per heavy atom. The monoisotopic (exact) mass is 371 g/mol. The molecule has 0 aliphatic carbocycles. The highest BCUT2D eigenvalue weighted by molar-refractivity contribution is 7.46. The molecule has 0 aliphatic rings. The van der Waals surface area contributed by atoms with Crippen molar-refractivity contribution in [2.75, 3.05) is 6.61 Å². The molecule has 0 fully saturated rings. The highest BCUT2D eigenvalue weighted by Crippen LogP contribution is 2.37. The highest BCUT2D eigenvalue weighted by Gasteiger charge is 2.30. The van der Waals surface area contributed by atoms with Crippen LogP contribution in [0.1, 0.15) is 64.5 Å². The van der Waals surface area contributed by atoms with Gasteiger partial charge >= 0.3 is 7.82 Å². The zero-order valence-corrected chi connectivity index (χ0v) is 16.2. The first-order valence-electron chi connectivity index (χ1n) is 8.71. The third-order valence-corrected chi connectivity index (χ3v) is 4.67. The van der Waals surface area contributed by atoms with E-state index in [-0.39, 0.29) is 12.5 Å². The number of hydrogen-bond donors (Lipinski definition) is 3. The van der Waals surface area contributed by atoms with E-state index < -0.39 is 19.3 Å². The van der Waals surface area contributed by atoms with Crippen LogP contribution in [-0.2, 0) is 13.9 Å². The van der Waals surface area contributed by atoms with Gasteiger partial charge in [-0.2, -0.15) is 0 Å². The zero-order chi connectivity index (χ0) is 18.9. The van der Waals surface area contributed by atoms with Gasteiger partial charge in [-0.15, -0.1) is 0 Å². The van der Waals surface area contributed by atoms with E-state index in [0.29, 0.717) is 0 Å². The van der Waals surface area contributed by atoms with Crippen LogP contribution in [0.5, 0.6) is 0 Å². The van der Waals surface area contributed by atoms with Crippen molar-refractivity contribution in [3.8, 4) is 0 Å². The molecule has 0 aliphatic heterocycles. The van der Waals surface area contributed by atoms with Gasteiger partial charge in [-0.1, -0.05) is 76.8 Å². The maximum atomic E-state index is 12.7. The van der Waals surface area contributed by atoms with Crippen LogP contribution in [0.4, 0.5) is 0 Å². The molecule has 25 heavy (non-hydrogen) atoms. The van der Waals surface area contributed by atoms with Crippen LogP contribution in [0, 0.1) is 5.41 Å². The van der Waals surface area contributed by atoms with E-state index in [2.05, 4.69) is 16.8 Å². The van der Waals surface area contributed by atoms with E-state index in [9.17, 15) is 9.36 Å². The van der Waals surface area contributed by atoms with Crippen LogP contribution in [0.15, 0.2) is 30.3 Å². The fourth-order valence-corrected chi connectivity index (χ4v) is 2.88. The van der Waals surface area contributed by atoms with Gasteiger partial charge in [0, 0.05) is 5.41 Å². The fraction of sp³-hybridized carbons (Fsp3) is 0.611. The molecule has 1 atom stereocenters. The Kier molecular flexibility index (Phi) is 8.80. The molecule has 0 heterocycles. The predicted octanol–water partition coefficient (Wildman–Crippen LogP) is 3.95. The maximum Gasteiger partial charge on any atom is 0.469 e. The first-order valence-corrected chi connectivity index (χ1v) is 10.2. The van der Waals surface area contributed by atoms with Crippen LogP contribution in [-0.4, -0.2) is 22.3 Å². The number of rotatable bonds is 11. The molecule has 0 spiro atoms. The maximum absolute atomic E-state index is 12.7. The summed E-state index contributed by atoms with van der Waals surface area (Å²) in [6, 6.07) is 8.43. The molecular formula is C18H30NO5P. The number of phosphoric acid groups is 1. The van der Waals surface area contributed by atoms with E-state index in [1.54, 1.807) is 12.1 Å². The van der Waals surface area contributed by atoms with Crippen LogP contribution in [0.25, 0.3) is 0 Å². The summed E-state index contributed by atoms with van der Waals surface area (Å²) in [5.41, 5.74) is 0.189. The molecule has 6 nitrogen and oxygen atoms in total. The summed E-state index contributed by atoms with van der Waals surface area (Å²) in [4.78, 5) is 30.6. The third-order valence-electron chi connectivity index (χ3n) is 4.19. The first-order chi connectivity index (χ1) is 11.7. The minimum absolute atomic E-state index is 0.146. The van der Waals surface area contributed by atoms with Gasteiger partial charge in [-0.05, 0) is 12.0 Å². The molecular weight excluding hydrogens is 341 g/mol. The van der Waals surface area contributed by atoms with Gasteiger partial charge in [0.25, 0.3) is 0 Å².